The maximum atomic E-state index is 13.0. The quantitative estimate of drug-likeness (QED) is 0.273. The molecular weight excluding hydrogens is 476 g/mol. The van der Waals surface area contributed by atoms with Crippen LogP contribution in [0.2, 0.25) is 0 Å². The van der Waals surface area contributed by atoms with Gasteiger partial charge in [0, 0.05) is 25.2 Å². The van der Waals surface area contributed by atoms with Crippen molar-refractivity contribution in [1.29, 1.82) is 0 Å². The number of benzene rings is 1. The van der Waals surface area contributed by atoms with Crippen LogP contribution < -0.4 is 5.32 Å². The van der Waals surface area contributed by atoms with E-state index in [0.717, 1.165) is 50.8 Å². The van der Waals surface area contributed by atoms with Gasteiger partial charge in [0.05, 0.1) is 13.2 Å². The fourth-order valence-corrected chi connectivity index (χ4v) is 4.52. The summed E-state index contributed by atoms with van der Waals surface area (Å²) in [5.74, 6) is 2.56. The van der Waals surface area contributed by atoms with E-state index < -0.39 is 17.6 Å². The summed E-state index contributed by atoms with van der Waals surface area (Å²) in [5.41, 5.74) is 0.439. The van der Waals surface area contributed by atoms with Crippen LogP contribution >= 0.6 is 11.8 Å². The molecule has 2 rings (SSSR count). The van der Waals surface area contributed by atoms with Gasteiger partial charge in [-0.15, -0.1) is 0 Å². The van der Waals surface area contributed by atoms with Crippen molar-refractivity contribution in [3.8, 4) is 11.2 Å². The first kappa shape index (κ1) is 31.5. The van der Waals surface area contributed by atoms with Gasteiger partial charge in [0.25, 0.3) is 0 Å². The minimum absolute atomic E-state index is 0. The number of carbonyl (C=O) groups excluding carboxylic acids is 3. The number of carbonyl (C=O) groups is 3. The predicted octanol–water partition coefficient (Wildman–Crippen LogP) is 3.83. The van der Waals surface area contributed by atoms with Gasteiger partial charge < -0.3 is 14.8 Å². The maximum Gasteiger partial charge on any atom is 0.329 e. The number of amides is 1. The van der Waals surface area contributed by atoms with Crippen molar-refractivity contribution in [2.75, 3.05) is 26.0 Å². The monoisotopic (exact) mass is 514 g/mol. The van der Waals surface area contributed by atoms with Crippen LogP contribution in [0.25, 0.3) is 0 Å². The molecule has 1 saturated heterocycles. The molecule has 0 aromatic heterocycles. The molecule has 0 bridgehead atoms. The van der Waals surface area contributed by atoms with E-state index in [4.69, 9.17) is 9.47 Å². The van der Waals surface area contributed by atoms with Gasteiger partial charge in [-0.05, 0) is 76.9 Å². The van der Waals surface area contributed by atoms with Gasteiger partial charge in [0.2, 0.25) is 5.91 Å². The van der Waals surface area contributed by atoms with Crippen LogP contribution in [-0.4, -0.2) is 66.4 Å². The Bertz CT molecular complexity index is 889. The van der Waals surface area contributed by atoms with Crippen LogP contribution in [0.3, 0.4) is 0 Å². The number of thioether (sulfide) groups is 1. The second-order valence-electron chi connectivity index (χ2n) is 9.58. The molecule has 8 heteroatoms. The highest BCUT2D eigenvalue weighted by atomic mass is 32.2. The van der Waals surface area contributed by atoms with E-state index >= 15 is 0 Å². The average Bonchev–Trinajstić information content (AvgIpc) is 3.28. The fourth-order valence-electron chi connectivity index (χ4n) is 3.86. The summed E-state index contributed by atoms with van der Waals surface area (Å²) in [5, 5.41) is 5.86. The molecule has 4 radical (unpaired) electrons. The molecule has 0 aliphatic carbocycles. The molecule has 0 unspecified atom stereocenters. The number of hydrogen-bond acceptors (Lipinski definition) is 7. The second kappa shape index (κ2) is 16.3. The molecular formula is C28H38N2O5S. The number of rotatable bonds is 11. The number of hydrogen-bond donors (Lipinski definition) is 1. The lowest BCUT2D eigenvalue weighted by atomic mass is 10.1. The Morgan fingerprint density at radius 2 is 1.89 bits per heavy atom. The van der Waals surface area contributed by atoms with Gasteiger partial charge in [-0.3, -0.25) is 14.5 Å². The lowest BCUT2D eigenvalue weighted by molar-refractivity contribution is -0.155. The van der Waals surface area contributed by atoms with Gasteiger partial charge in [-0.25, -0.2) is 4.79 Å². The first-order valence-corrected chi connectivity index (χ1v) is 13.2. The molecule has 7 nitrogen and oxygen atoms in total. The Morgan fingerprint density at radius 3 is 2.56 bits per heavy atom. The number of ether oxygens (including phenoxy) is 2. The molecule has 2 atom stereocenters. The molecule has 1 fully saturated rings. The third kappa shape index (κ3) is 12.0. The molecule has 196 valence electrons. The normalized spacial score (nSPS) is 16.2. The summed E-state index contributed by atoms with van der Waals surface area (Å²) >= 11 is 1.28. The Morgan fingerprint density at radius 1 is 1.17 bits per heavy atom. The van der Waals surface area contributed by atoms with E-state index in [1.54, 1.807) is 0 Å². The van der Waals surface area contributed by atoms with Crippen molar-refractivity contribution in [2.45, 2.75) is 77.0 Å². The van der Waals surface area contributed by atoms with Crippen LogP contribution in [0, 0.1) is 18.6 Å². The Kier molecular flexibility index (Phi) is 14.3. The summed E-state index contributed by atoms with van der Waals surface area (Å²) in [4.78, 5) is 39.2. The Labute approximate surface area is 221 Å². The number of esters is 2. The highest BCUT2D eigenvalue weighted by Crippen LogP contribution is 2.19. The van der Waals surface area contributed by atoms with Crippen molar-refractivity contribution in [3.63, 3.8) is 0 Å². The molecule has 1 amide bonds. The van der Waals surface area contributed by atoms with Crippen molar-refractivity contribution >= 4 is 29.6 Å². The van der Waals surface area contributed by atoms with Crippen LogP contribution in [0.4, 0.5) is 0 Å². The molecule has 0 spiro atoms. The highest BCUT2D eigenvalue weighted by molar-refractivity contribution is 8.03. The SMILES string of the molecule is COC(=O)[C@H](CSC#Cc1ccccc1)NC(=O)[C@@H]1CCCN1CCCCCC(=O)OC(C)(C)C.[C]. The largest absolute Gasteiger partial charge is 0.467 e. The summed E-state index contributed by atoms with van der Waals surface area (Å²) < 4.78 is 10.2. The minimum atomic E-state index is -0.751. The zero-order chi connectivity index (χ0) is 25.7. The first-order valence-electron chi connectivity index (χ1n) is 12.2. The topological polar surface area (TPSA) is 84.9 Å². The minimum Gasteiger partial charge on any atom is -0.467 e. The summed E-state index contributed by atoms with van der Waals surface area (Å²) in [6.45, 7) is 7.23. The lowest BCUT2D eigenvalue weighted by Crippen LogP contribution is -2.50. The average molecular weight is 515 g/mol. The van der Waals surface area contributed by atoms with Crippen molar-refractivity contribution in [1.82, 2.24) is 10.2 Å². The van der Waals surface area contributed by atoms with Crippen molar-refractivity contribution in [2.24, 2.45) is 0 Å². The molecule has 1 N–H and O–H groups in total. The van der Waals surface area contributed by atoms with Gasteiger partial charge in [-0.1, -0.05) is 42.3 Å². The van der Waals surface area contributed by atoms with Crippen LogP contribution in [0.15, 0.2) is 30.3 Å². The summed E-state index contributed by atoms with van der Waals surface area (Å²) in [6.07, 6.45) is 4.68. The lowest BCUT2D eigenvalue weighted by Gasteiger charge is -2.25. The van der Waals surface area contributed by atoms with E-state index in [-0.39, 0.29) is 25.3 Å². The van der Waals surface area contributed by atoms with E-state index in [2.05, 4.69) is 21.4 Å². The Hall–Kier alpha value is -2.50. The second-order valence-corrected chi connectivity index (χ2v) is 10.4. The van der Waals surface area contributed by atoms with Gasteiger partial charge in [0.15, 0.2) is 0 Å². The zero-order valence-corrected chi connectivity index (χ0v) is 22.6. The highest BCUT2D eigenvalue weighted by Gasteiger charge is 2.33. The van der Waals surface area contributed by atoms with Gasteiger partial charge >= 0.3 is 11.9 Å². The first-order chi connectivity index (χ1) is 16.7. The number of nitrogens with zero attached hydrogens (tertiary/aromatic N) is 1. The number of unbranched alkanes of at least 4 members (excludes halogenated alkanes) is 2. The van der Waals surface area contributed by atoms with E-state index in [1.807, 2.05) is 51.1 Å². The number of likely N-dealkylation sites (tertiary alicyclic amines) is 1. The van der Waals surface area contributed by atoms with Crippen LogP contribution in [0.5, 0.6) is 0 Å². The summed E-state index contributed by atoms with van der Waals surface area (Å²) in [6, 6.07) is 8.59. The summed E-state index contributed by atoms with van der Waals surface area (Å²) in [7, 11) is 1.32. The molecule has 0 saturated carbocycles. The predicted molar refractivity (Wildman–Crippen MR) is 142 cm³/mol. The van der Waals surface area contributed by atoms with Gasteiger partial charge in [0.1, 0.15) is 11.6 Å². The zero-order valence-electron chi connectivity index (χ0n) is 21.8. The number of nitrogens with one attached hydrogen (secondary N) is 1. The van der Waals surface area contributed by atoms with E-state index in [1.165, 1.54) is 18.9 Å². The molecule has 1 aromatic rings. The van der Waals surface area contributed by atoms with Gasteiger partial charge in [-0.2, -0.15) is 0 Å². The number of methoxy groups -OCH3 is 1. The smallest absolute Gasteiger partial charge is 0.329 e. The molecule has 1 aromatic carbocycles. The van der Waals surface area contributed by atoms with Crippen LogP contribution in [0.1, 0.15) is 64.9 Å². The molecule has 36 heavy (non-hydrogen) atoms. The third-order valence-corrected chi connectivity index (χ3v) is 6.25. The van der Waals surface area contributed by atoms with Crippen molar-refractivity contribution < 1.29 is 23.9 Å². The van der Waals surface area contributed by atoms with E-state index in [0.29, 0.717) is 12.2 Å². The van der Waals surface area contributed by atoms with Crippen LogP contribution in [-0.2, 0) is 23.9 Å². The van der Waals surface area contributed by atoms with Crippen molar-refractivity contribution in [3.05, 3.63) is 43.3 Å². The molecule has 1 aliphatic rings. The maximum absolute atomic E-state index is 13.0. The van der Waals surface area contributed by atoms with E-state index in [9.17, 15) is 14.4 Å². The Balaban J connectivity index is 0.00000648. The third-order valence-electron chi connectivity index (χ3n) is 5.51. The fraction of sp³-hybridized carbons (Fsp3) is 0.571. The standard InChI is InChI=1S/C27H38N2O5S.C/c1-27(2,3)34-24(30)15-9-6-10-17-29-18-11-14-23(29)25(31)28-22(26(32)33-4)20-35-19-16-21-12-7-5-8-13-21;/h5,7-8,12-13,22-23H,6,9-11,14-15,17-18,20H2,1-4H3,(H,28,31);/t22-,23-;/m0./s1. The molecule has 1 aliphatic heterocycles. The molecule has 1 heterocycles.